The van der Waals surface area contributed by atoms with E-state index in [-0.39, 0.29) is 19.0 Å². The Kier molecular flexibility index (Phi) is 4.44. The number of rotatable bonds is 3. The zero-order chi connectivity index (χ0) is 7.28. The van der Waals surface area contributed by atoms with Gasteiger partial charge >= 0.3 is 5.97 Å². The third-order valence-electron chi connectivity index (χ3n) is 0.661. The van der Waals surface area contributed by atoms with Crippen LogP contribution in [-0.2, 0) is 9.53 Å². The Morgan fingerprint density at radius 1 is 1.89 bits per heavy atom. The van der Waals surface area contributed by atoms with Crippen LogP contribution in [0.5, 0.6) is 0 Å². The van der Waals surface area contributed by atoms with Gasteiger partial charge in [0.05, 0.1) is 6.61 Å². The van der Waals surface area contributed by atoms with Crippen molar-refractivity contribution < 1.29 is 14.6 Å². The highest BCUT2D eigenvalue weighted by Crippen LogP contribution is 1.95. The predicted octanol–water partition coefficient (Wildman–Crippen LogP) is 0.497. The molecule has 0 aliphatic rings. The van der Waals surface area contributed by atoms with E-state index in [1.54, 1.807) is 0 Å². The number of alkyl halides is 1. The molecular weight excluding hydrogens is 144 g/mol. The van der Waals surface area contributed by atoms with Crippen molar-refractivity contribution >= 4 is 17.6 Å². The molecule has 0 radical (unpaired) electrons. The molecule has 9 heavy (non-hydrogen) atoms. The van der Waals surface area contributed by atoms with E-state index in [0.29, 0.717) is 0 Å². The van der Waals surface area contributed by atoms with Crippen LogP contribution in [-0.4, -0.2) is 23.2 Å². The van der Waals surface area contributed by atoms with Crippen molar-refractivity contribution in [2.45, 2.75) is 18.9 Å². The van der Waals surface area contributed by atoms with E-state index in [1.165, 1.54) is 6.92 Å². The molecule has 0 saturated heterocycles. The molecule has 0 aliphatic carbocycles. The molecule has 0 bridgehead atoms. The fraction of sp³-hybridized carbons (Fsp3) is 0.800. The first-order valence-corrected chi connectivity index (χ1v) is 3.02. The zero-order valence-corrected chi connectivity index (χ0v) is 5.89. The van der Waals surface area contributed by atoms with Crippen LogP contribution in [0.4, 0.5) is 0 Å². The summed E-state index contributed by atoms with van der Waals surface area (Å²) >= 11 is 5.13. The van der Waals surface area contributed by atoms with Crippen LogP contribution in [0.2, 0.25) is 0 Å². The smallest absolute Gasteiger partial charge is 0.302 e. The highest BCUT2D eigenvalue weighted by Gasteiger charge is 1.98. The molecule has 3 nitrogen and oxygen atoms in total. The Labute approximate surface area is 58.6 Å². The fourth-order valence-electron chi connectivity index (χ4n) is 0.300. The number of ether oxygens (including phenoxy) is 1. The Bertz CT molecular complexity index is 92.2. The molecule has 1 N–H and O–H groups in total. The van der Waals surface area contributed by atoms with Crippen molar-refractivity contribution in [3.8, 4) is 0 Å². The third kappa shape index (κ3) is 7.72. The van der Waals surface area contributed by atoms with E-state index in [2.05, 4.69) is 4.74 Å². The van der Waals surface area contributed by atoms with Crippen LogP contribution in [0.3, 0.4) is 0 Å². The number of aliphatic hydroxyl groups is 1. The summed E-state index contributed by atoms with van der Waals surface area (Å²) in [5, 5.41) is 8.44. The van der Waals surface area contributed by atoms with Crippen LogP contribution in [0.25, 0.3) is 0 Å². The molecule has 1 unspecified atom stereocenters. The lowest BCUT2D eigenvalue weighted by Crippen LogP contribution is -2.06. The molecule has 0 heterocycles. The Hall–Kier alpha value is -0.280. The first kappa shape index (κ1) is 8.72. The van der Waals surface area contributed by atoms with Gasteiger partial charge in [0.15, 0.2) is 0 Å². The predicted molar refractivity (Wildman–Crippen MR) is 33.1 cm³/mol. The Morgan fingerprint density at radius 2 is 2.44 bits per heavy atom. The second kappa shape index (κ2) is 4.58. The molecule has 0 aromatic heterocycles. The Balaban J connectivity index is 3.01. The monoisotopic (exact) mass is 152 g/mol. The lowest BCUT2D eigenvalue weighted by molar-refractivity contribution is -0.141. The molecular formula is C5H9ClO3. The van der Waals surface area contributed by atoms with Crippen LogP contribution in [0, 0.1) is 0 Å². The van der Waals surface area contributed by atoms with Gasteiger partial charge in [-0.15, -0.1) is 0 Å². The summed E-state index contributed by atoms with van der Waals surface area (Å²) in [4.78, 5) is 10.1. The molecule has 0 amide bonds. The molecule has 0 aromatic rings. The summed E-state index contributed by atoms with van der Waals surface area (Å²) in [6, 6.07) is 0. The lowest BCUT2D eigenvalue weighted by atomic mass is 10.5. The lowest BCUT2D eigenvalue weighted by Gasteiger charge is -2.00. The van der Waals surface area contributed by atoms with Crippen molar-refractivity contribution in [2.75, 3.05) is 6.61 Å². The van der Waals surface area contributed by atoms with Gasteiger partial charge in [-0.1, -0.05) is 11.6 Å². The quantitative estimate of drug-likeness (QED) is 0.473. The van der Waals surface area contributed by atoms with E-state index < -0.39 is 5.56 Å². The van der Waals surface area contributed by atoms with Gasteiger partial charge < -0.3 is 9.84 Å². The van der Waals surface area contributed by atoms with Gasteiger partial charge in [-0.2, -0.15) is 0 Å². The van der Waals surface area contributed by atoms with Gasteiger partial charge in [-0.3, -0.25) is 4.79 Å². The summed E-state index contributed by atoms with van der Waals surface area (Å²) in [5.74, 6) is -0.354. The summed E-state index contributed by atoms with van der Waals surface area (Å²) in [7, 11) is 0. The molecule has 54 valence electrons. The molecule has 0 saturated carbocycles. The van der Waals surface area contributed by atoms with Crippen molar-refractivity contribution in [3.05, 3.63) is 0 Å². The van der Waals surface area contributed by atoms with E-state index in [0.717, 1.165) is 0 Å². The maximum absolute atomic E-state index is 10.1. The van der Waals surface area contributed by atoms with Crippen LogP contribution in [0.1, 0.15) is 13.3 Å². The largest absolute Gasteiger partial charge is 0.466 e. The maximum atomic E-state index is 10.1. The average molecular weight is 153 g/mol. The summed E-state index contributed by atoms with van der Waals surface area (Å²) in [6.45, 7) is 1.49. The molecule has 0 spiro atoms. The van der Waals surface area contributed by atoms with Gasteiger partial charge in [0.25, 0.3) is 0 Å². The van der Waals surface area contributed by atoms with Gasteiger partial charge in [0.2, 0.25) is 0 Å². The molecule has 1 atom stereocenters. The van der Waals surface area contributed by atoms with E-state index in [4.69, 9.17) is 16.7 Å². The zero-order valence-electron chi connectivity index (χ0n) is 5.13. The van der Waals surface area contributed by atoms with Crippen molar-refractivity contribution in [1.29, 1.82) is 0 Å². The van der Waals surface area contributed by atoms with Gasteiger partial charge in [0.1, 0.15) is 5.56 Å². The van der Waals surface area contributed by atoms with Gasteiger partial charge in [-0.25, -0.2) is 0 Å². The topological polar surface area (TPSA) is 46.5 Å². The number of aliphatic hydroxyl groups excluding tert-OH is 1. The molecule has 4 heteroatoms. The van der Waals surface area contributed by atoms with Gasteiger partial charge in [-0.05, 0) is 0 Å². The normalized spacial score (nSPS) is 12.8. The van der Waals surface area contributed by atoms with Crippen LogP contribution >= 0.6 is 11.6 Å². The van der Waals surface area contributed by atoms with E-state index >= 15 is 0 Å². The SMILES string of the molecule is CC(=O)OCCC(O)Cl. The molecule has 0 fully saturated rings. The summed E-state index contributed by atoms with van der Waals surface area (Å²) in [5.41, 5.74) is -0.913. The molecule has 0 aliphatic heterocycles. The van der Waals surface area contributed by atoms with E-state index in [9.17, 15) is 4.79 Å². The summed E-state index contributed by atoms with van der Waals surface area (Å²) < 4.78 is 4.47. The van der Waals surface area contributed by atoms with Gasteiger partial charge in [0, 0.05) is 13.3 Å². The molecule has 0 rings (SSSR count). The minimum absolute atomic E-state index is 0.181. The highest BCUT2D eigenvalue weighted by atomic mass is 35.5. The first-order valence-electron chi connectivity index (χ1n) is 2.58. The highest BCUT2D eigenvalue weighted by molar-refractivity contribution is 6.19. The number of carbonyl (C=O) groups is 1. The van der Waals surface area contributed by atoms with E-state index in [1.807, 2.05) is 0 Å². The second-order valence-corrected chi connectivity index (χ2v) is 2.07. The van der Waals surface area contributed by atoms with Crippen molar-refractivity contribution in [3.63, 3.8) is 0 Å². The number of hydrogen-bond acceptors (Lipinski definition) is 3. The fourth-order valence-corrected chi connectivity index (χ4v) is 0.389. The minimum atomic E-state index is -0.913. The minimum Gasteiger partial charge on any atom is -0.466 e. The third-order valence-corrected chi connectivity index (χ3v) is 0.880. The van der Waals surface area contributed by atoms with Crippen LogP contribution in [0.15, 0.2) is 0 Å². The number of carbonyl (C=O) groups excluding carboxylic acids is 1. The second-order valence-electron chi connectivity index (χ2n) is 1.56. The standard InChI is InChI=1S/C5H9ClO3/c1-4(7)9-3-2-5(6)8/h5,8H,2-3H2,1H3. The molecule has 0 aromatic carbocycles. The first-order chi connectivity index (χ1) is 4.13. The maximum Gasteiger partial charge on any atom is 0.302 e. The number of halogens is 1. The summed E-state index contributed by atoms with van der Waals surface area (Å²) in [6.07, 6.45) is 0.279. The van der Waals surface area contributed by atoms with Crippen molar-refractivity contribution in [2.24, 2.45) is 0 Å². The Morgan fingerprint density at radius 3 is 2.78 bits per heavy atom. The number of esters is 1. The van der Waals surface area contributed by atoms with Crippen LogP contribution < -0.4 is 0 Å². The number of hydrogen-bond donors (Lipinski definition) is 1. The average Bonchev–Trinajstić information content (AvgIpc) is 1.63. The van der Waals surface area contributed by atoms with Crippen molar-refractivity contribution in [1.82, 2.24) is 0 Å².